The largest absolute Gasteiger partial charge is 0.332 e. The highest BCUT2D eigenvalue weighted by atomic mass is 35.5. The summed E-state index contributed by atoms with van der Waals surface area (Å²) in [5.41, 5.74) is 2.67. The summed E-state index contributed by atoms with van der Waals surface area (Å²) in [4.78, 5) is 26.1. The third kappa shape index (κ3) is 3.46. The van der Waals surface area contributed by atoms with Crippen molar-refractivity contribution < 1.29 is 14.9 Å². The minimum Gasteiger partial charge on any atom is -0.332 e. The van der Waals surface area contributed by atoms with Crippen molar-refractivity contribution >= 4 is 40.7 Å². The standard InChI is InChI=1S/C18H16Cl2N2O2/c1-11-2-5-13(6-3-11)22-17(23)9-16(18(22)24)21-10-12-4-7-14(19)15(20)8-12/h2-8,16,21H,9-10H2,1H3/p+1/t16-/m0/s1. The number of benzene rings is 2. The second-order valence-electron chi connectivity index (χ2n) is 5.90. The zero-order valence-corrected chi connectivity index (χ0v) is 14.6. The third-order valence-electron chi connectivity index (χ3n) is 4.10. The van der Waals surface area contributed by atoms with Gasteiger partial charge in [-0.15, -0.1) is 0 Å². The minimum absolute atomic E-state index is 0.167. The van der Waals surface area contributed by atoms with Gasteiger partial charge in [0.2, 0.25) is 5.91 Å². The fourth-order valence-electron chi connectivity index (χ4n) is 2.75. The van der Waals surface area contributed by atoms with Crippen LogP contribution in [-0.2, 0) is 16.1 Å². The molecule has 0 radical (unpaired) electrons. The molecule has 1 atom stereocenters. The summed E-state index contributed by atoms with van der Waals surface area (Å²) < 4.78 is 0. The van der Waals surface area contributed by atoms with Gasteiger partial charge in [0.05, 0.1) is 22.2 Å². The monoisotopic (exact) mass is 363 g/mol. The number of anilines is 1. The van der Waals surface area contributed by atoms with E-state index in [9.17, 15) is 9.59 Å². The summed E-state index contributed by atoms with van der Waals surface area (Å²) in [6, 6.07) is 12.3. The lowest BCUT2D eigenvalue weighted by Gasteiger charge is -2.14. The molecule has 1 heterocycles. The first kappa shape index (κ1) is 17.0. The molecule has 2 aromatic carbocycles. The summed E-state index contributed by atoms with van der Waals surface area (Å²) in [6.07, 6.45) is 0.202. The number of hydrogen-bond acceptors (Lipinski definition) is 2. The van der Waals surface area contributed by atoms with E-state index in [1.807, 2.05) is 30.4 Å². The Balaban J connectivity index is 1.69. The Morgan fingerprint density at radius 2 is 1.79 bits per heavy atom. The van der Waals surface area contributed by atoms with E-state index >= 15 is 0 Å². The highest BCUT2D eigenvalue weighted by molar-refractivity contribution is 6.42. The summed E-state index contributed by atoms with van der Waals surface area (Å²) in [5, 5.41) is 2.85. The number of imide groups is 1. The molecule has 2 amide bonds. The molecule has 6 heteroatoms. The summed E-state index contributed by atoms with van der Waals surface area (Å²) in [7, 11) is 0. The van der Waals surface area contributed by atoms with Gasteiger partial charge in [-0.2, -0.15) is 0 Å². The van der Waals surface area contributed by atoms with Crippen molar-refractivity contribution in [2.45, 2.75) is 25.9 Å². The van der Waals surface area contributed by atoms with Crippen LogP contribution in [0.1, 0.15) is 17.5 Å². The molecule has 1 saturated heterocycles. The van der Waals surface area contributed by atoms with Crippen LogP contribution in [-0.4, -0.2) is 17.9 Å². The second-order valence-corrected chi connectivity index (χ2v) is 6.72. The summed E-state index contributed by atoms with van der Waals surface area (Å²) in [6.45, 7) is 2.52. The van der Waals surface area contributed by atoms with Crippen molar-refractivity contribution in [2.75, 3.05) is 4.90 Å². The van der Waals surface area contributed by atoms with E-state index in [1.54, 1.807) is 24.3 Å². The molecule has 124 valence electrons. The van der Waals surface area contributed by atoms with Crippen molar-refractivity contribution in [1.29, 1.82) is 0 Å². The lowest BCUT2D eigenvalue weighted by molar-refractivity contribution is -0.690. The van der Waals surface area contributed by atoms with Gasteiger partial charge in [0, 0.05) is 5.56 Å². The van der Waals surface area contributed by atoms with E-state index in [2.05, 4.69) is 0 Å². The van der Waals surface area contributed by atoms with Gasteiger partial charge < -0.3 is 5.32 Å². The Morgan fingerprint density at radius 1 is 1.08 bits per heavy atom. The smallest absolute Gasteiger partial charge is 0.292 e. The second kappa shape index (κ2) is 6.93. The molecule has 0 aliphatic carbocycles. The number of amides is 2. The van der Waals surface area contributed by atoms with E-state index in [0.29, 0.717) is 22.3 Å². The normalized spacial score (nSPS) is 17.6. The van der Waals surface area contributed by atoms with Gasteiger partial charge in [0.25, 0.3) is 5.91 Å². The highest BCUT2D eigenvalue weighted by Gasteiger charge is 2.42. The van der Waals surface area contributed by atoms with Gasteiger partial charge in [-0.3, -0.25) is 9.59 Å². The van der Waals surface area contributed by atoms with Gasteiger partial charge in [-0.1, -0.05) is 47.0 Å². The molecule has 0 bridgehead atoms. The van der Waals surface area contributed by atoms with Crippen molar-refractivity contribution in [1.82, 2.24) is 0 Å². The maximum Gasteiger partial charge on any atom is 0.292 e. The predicted octanol–water partition coefficient (Wildman–Crippen LogP) is 2.70. The van der Waals surface area contributed by atoms with Crippen LogP contribution in [0.15, 0.2) is 42.5 Å². The predicted molar refractivity (Wildman–Crippen MR) is 94.2 cm³/mol. The highest BCUT2D eigenvalue weighted by Crippen LogP contribution is 2.23. The summed E-state index contributed by atoms with van der Waals surface area (Å²) in [5.74, 6) is -0.344. The molecule has 0 aromatic heterocycles. The van der Waals surface area contributed by atoms with Gasteiger partial charge in [0.15, 0.2) is 6.04 Å². The van der Waals surface area contributed by atoms with Crippen LogP contribution < -0.4 is 10.2 Å². The molecule has 2 N–H and O–H groups in total. The van der Waals surface area contributed by atoms with Crippen LogP contribution in [0.25, 0.3) is 0 Å². The maximum absolute atomic E-state index is 12.6. The quantitative estimate of drug-likeness (QED) is 0.849. The Morgan fingerprint density at radius 3 is 2.46 bits per heavy atom. The van der Waals surface area contributed by atoms with Gasteiger partial charge in [-0.05, 0) is 31.2 Å². The molecule has 0 saturated carbocycles. The Kier molecular flexibility index (Phi) is 4.90. The molecule has 3 rings (SSSR count). The Hall–Kier alpha value is -1.88. The Bertz CT molecular complexity index is 790. The van der Waals surface area contributed by atoms with Gasteiger partial charge >= 0.3 is 0 Å². The molecule has 1 aliphatic rings. The van der Waals surface area contributed by atoms with Crippen molar-refractivity contribution in [2.24, 2.45) is 0 Å². The topological polar surface area (TPSA) is 54.0 Å². The lowest BCUT2D eigenvalue weighted by Crippen LogP contribution is -2.90. The molecular formula is C18H17Cl2N2O2+. The van der Waals surface area contributed by atoms with E-state index < -0.39 is 6.04 Å². The summed E-state index contributed by atoms with van der Waals surface area (Å²) >= 11 is 11.9. The fraction of sp³-hybridized carbons (Fsp3) is 0.222. The average molecular weight is 364 g/mol. The number of halogens is 2. The number of nitrogens with zero attached hydrogens (tertiary/aromatic N) is 1. The van der Waals surface area contributed by atoms with Crippen molar-refractivity contribution in [3.63, 3.8) is 0 Å². The SMILES string of the molecule is Cc1ccc(N2C(=O)C[C@H]([NH2+]Cc3ccc(Cl)c(Cl)c3)C2=O)cc1. The van der Waals surface area contributed by atoms with Gasteiger partial charge in [-0.25, -0.2) is 4.90 Å². The van der Waals surface area contributed by atoms with Crippen LogP contribution >= 0.6 is 23.2 Å². The zero-order chi connectivity index (χ0) is 17.3. The minimum atomic E-state index is -0.409. The Labute approximate surface area is 150 Å². The average Bonchev–Trinajstić information content (AvgIpc) is 2.84. The number of carbonyl (C=O) groups is 2. The van der Waals surface area contributed by atoms with Crippen LogP contribution in [0.4, 0.5) is 5.69 Å². The molecule has 24 heavy (non-hydrogen) atoms. The molecule has 0 unspecified atom stereocenters. The van der Waals surface area contributed by atoms with E-state index in [0.717, 1.165) is 11.1 Å². The van der Waals surface area contributed by atoms with Crippen LogP contribution in [0.5, 0.6) is 0 Å². The number of hydrogen-bond donors (Lipinski definition) is 1. The number of nitrogens with two attached hydrogens (primary N) is 1. The zero-order valence-electron chi connectivity index (χ0n) is 13.1. The van der Waals surface area contributed by atoms with E-state index in [4.69, 9.17) is 23.2 Å². The van der Waals surface area contributed by atoms with Crippen LogP contribution in [0, 0.1) is 6.92 Å². The number of quaternary nitrogens is 1. The fourth-order valence-corrected chi connectivity index (χ4v) is 3.07. The first-order valence-corrected chi connectivity index (χ1v) is 8.42. The lowest BCUT2D eigenvalue weighted by atomic mass is 10.2. The molecular weight excluding hydrogens is 347 g/mol. The molecule has 1 fully saturated rings. The first-order valence-electron chi connectivity index (χ1n) is 7.66. The van der Waals surface area contributed by atoms with E-state index in [-0.39, 0.29) is 18.2 Å². The van der Waals surface area contributed by atoms with Crippen LogP contribution in [0.3, 0.4) is 0 Å². The number of rotatable bonds is 4. The molecule has 0 spiro atoms. The molecule has 2 aromatic rings. The third-order valence-corrected chi connectivity index (χ3v) is 4.83. The van der Waals surface area contributed by atoms with Crippen molar-refractivity contribution in [3.05, 3.63) is 63.6 Å². The number of aryl methyl sites for hydroxylation is 1. The molecule has 4 nitrogen and oxygen atoms in total. The maximum atomic E-state index is 12.6. The first-order chi connectivity index (χ1) is 11.5. The van der Waals surface area contributed by atoms with Gasteiger partial charge in [0.1, 0.15) is 6.54 Å². The number of carbonyl (C=O) groups excluding carboxylic acids is 2. The van der Waals surface area contributed by atoms with Crippen molar-refractivity contribution in [3.8, 4) is 0 Å². The van der Waals surface area contributed by atoms with Crippen LogP contribution in [0.2, 0.25) is 10.0 Å². The van der Waals surface area contributed by atoms with E-state index in [1.165, 1.54) is 4.90 Å². The molecule has 1 aliphatic heterocycles.